The number of benzene rings is 2. The minimum absolute atomic E-state index is 0.297. The topological polar surface area (TPSA) is 47.5 Å². The maximum absolute atomic E-state index is 5.40. The number of nitrogens with zero attached hydrogens (tertiary/aromatic N) is 3. The van der Waals surface area contributed by atoms with Crippen LogP contribution in [0, 0.1) is 0 Å². The van der Waals surface area contributed by atoms with E-state index in [9.17, 15) is 0 Å². The van der Waals surface area contributed by atoms with Crippen LogP contribution < -0.4 is 9.47 Å². The van der Waals surface area contributed by atoms with E-state index in [1.807, 2.05) is 0 Å². The summed E-state index contributed by atoms with van der Waals surface area (Å²) in [5.41, 5.74) is 5.63. The molecule has 1 aliphatic heterocycles. The molecule has 0 aliphatic carbocycles. The van der Waals surface area contributed by atoms with Crippen molar-refractivity contribution in [1.82, 2.24) is 14.9 Å². The minimum atomic E-state index is 0.297. The molecule has 1 aliphatic rings. The first-order chi connectivity index (χ1) is 14.2. The number of methoxy groups -OCH3 is 2. The molecule has 1 saturated heterocycles. The van der Waals surface area contributed by atoms with Crippen LogP contribution in [0.5, 0.6) is 11.9 Å². The molecule has 29 heavy (non-hydrogen) atoms. The zero-order chi connectivity index (χ0) is 20.2. The summed E-state index contributed by atoms with van der Waals surface area (Å²) in [5, 5.41) is 0. The lowest BCUT2D eigenvalue weighted by molar-refractivity contribution is 0.263. The molecule has 5 heteroatoms. The monoisotopic (exact) mass is 389 g/mol. The van der Waals surface area contributed by atoms with Crippen LogP contribution >= 0.6 is 0 Å². The largest absolute Gasteiger partial charge is 0.480 e. The first-order valence-corrected chi connectivity index (χ1v) is 10.1. The lowest BCUT2D eigenvalue weighted by Crippen LogP contribution is -2.23. The molecule has 3 aromatic rings. The van der Waals surface area contributed by atoms with Gasteiger partial charge >= 0.3 is 6.01 Å². The quantitative estimate of drug-likeness (QED) is 0.595. The summed E-state index contributed by atoms with van der Waals surface area (Å²) in [6.45, 7) is 4.73. The molecule has 0 bridgehead atoms. The molecule has 1 atom stereocenters. The molecule has 150 valence electrons. The number of ether oxygens (including phenoxy) is 2. The van der Waals surface area contributed by atoms with Crippen LogP contribution in [0.25, 0.3) is 22.3 Å². The fraction of sp³-hybridized carbons (Fsp3) is 0.333. The first kappa shape index (κ1) is 19.4. The highest BCUT2D eigenvalue weighted by atomic mass is 16.5. The molecule has 4 rings (SSSR count). The van der Waals surface area contributed by atoms with E-state index in [4.69, 9.17) is 9.47 Å². The highest BCUT2D eigenvalue weighted by Gasteiger charge is 2.19. The molecule has 1 fully saturated rings. The second kappa shape index (κ2) is 8.62. The molecule has 0 radical (unpaired) electrons. The predicted molar refractivity (Wildman–Crippen MR) is 115 cm³/mol. The maximum Gasteiger partial charge on any atom is 0.319 e. The van der Waals surface area contributed by atoms with E-state index in [1.54, 1.807) is 20.4 Å². The average molecular weight is 389 g/mol. The lowest BCUT2D eigenvalue weighted by atomic mass is 9.99. The fourth-order valence-corrected chi connectivity index (χ4v) is 3.94. The van der Waals surface area contributed by atoms with E-state index in [-0.39, 0.29) is 0 Å². The molecule has 2 aromatic carbocycles. The van der Waals surface area contributed by atoms with Crippen molar-refractivity contribution >= 4 is 0 Å². The van der Waals surface area contributed by atoms with Crippen molar-refractivity contribution < 1.29 is 9.47 Å². The van der Waals surface area contributed by atoms with Crippen LogP contribution in [-0.2, 0) is 0 Å². The second-order valence-electron chi connectivity index (χ2n) is 7.40. The van der Waals surface area contributed by atoms with Crippen molar-refractivity contribution in [2.45, 2.75) is 25.8 Å². The van der Waals surface area contributed by atoms with E-state index in [1.165, 1.54) is 42.6 Å². The Morgan fingerprint density at radius 2 is 1.41 bits per heavy atom. The molecule has 0 N–H and O–H groups in total. The van der Waals surface area contributed by atoms with Gasteiger partial charge in [-0.15, -0.1) is 0 Å². The van der Waals surface area contributed by atoms with Gasteiger partial charge in [-0.1, -0.05) is 48.5 Å². The summed E-state index contributed by atoms with van der Waals surface area (Å²) in [7, 11) is 3.14. The van der Waals surface area contributed by atoms with Crippen molar-refractivity contribution in [3.8, 4) is 34.1 Å². The first-order valence-electron chi connectivity index (χ1n) is 10.1. The van der Waals surface area contributed by atoms with Crippen LogP contribution in [0.2, 0.25) is 0 Å². The van der Waals surface area contributed by atoms with Gasteiger partial charge < -0.3 is 9.47 Å². The van der Waals surface area contributed by atoms with Crippen LogP contribution in [0.4, 0.5) is 0 Å². The Hall–Kier alpha value is -2.92. The third-order valence-electron chi connectivity index (χ3n) is 5.72. The average Bonchev–Trinajstić information content (AvgIpc) is 3.33. The Labute approximate surface area is 172 Å². The standard InChI is InChI=1S/C24H27N3O2/c1-17(27-14-4-5-15-27)18-6-8-19(9-7-18)20-10-12-21(13-11-20)22-16-25-24(29-3)26-23(22)28-2/h6-13,16-17H,4-5,14-15H2,1-3H3/t17-/m1/s1. The summed E-state index contributed by atoms with van der Waals surface area (Å²) in [4.78, 5) is 11.0. The van der Waals surface area contributed by atoms with Gasteiger partial charge in [0.15, 0.2) is 0 Å². The van der Waals surface area contributed by atoms with Crippen molar-refractivity contribution in [3.63, 3.8) is 0 Å². The smallest absolute Gasteiger partial charge is 0.319 e. The van der Waals surface area contributed by atoms with Crippen LogP contribution in [0.15, 0.2) is 54.7 Å². The van der Waals surface area contributed by atoms with E-state index < -0.39 is 0 Å². The van der Waals surface area contributed by atoms with E-state index in [0.717, 1.165) is 11.1 Å². The lowest BCUT2D eigenvalue weighted by Gasteiger charge is -2.24. The number of likely N-dealkylation sites (tertiary alicyclic amines) is 1. The summed E-state index contributed by atoms with van der Waals surface area (Å²) in [6.07, 6.45) is 4.37. The molecule has 0 unspecified atom stereocenters. The maximum atomic E-state index is 5.40. The highest BCUT2D eigenvalue weighted by molar-refractivity contribution is 5.72. The summed E-state index contributed by atoms with van der Waals surface area (Å²) in [5.74, 6) is 0.504. The highest BCUT2D eigenvalue weighted by Crippen LogP contribution is 2.31. The zero-order valence-electron chi connectivity index (χ0n) is 17.3. The molecule has 0 saturated carbocycles. The van der Waals surface area contributed by atoms with Gasteiger partial charge in [-0.25, -0.2) is 4.98 Å². The summed E-state index contributed by atoms with van der Waals surface area (Å²) in [6, 6.07) is 18.1. The Balaban J connectivity index is 1.53. The summed E-state index contributed by atoms with van der Waals surface area (Å²) < 4.78 is 10.5. The Bertz CT molecular complexity index is 949. The van der Waals surface area contributed by atoms with Gasteiger partial charge in [-0.05, 0) is 55.1 Å². The Morgan fingerprint density at radius 1 is 0.828 bits per heavy atom. The van der Waals surface area contributed by atoms with Gasteiger partial charge in [0.2, 0.25) is 5.88 Å². The third-order valence-corrected chi connectivity index (χ3v) is 5.72. The van der Waals surface area contributed by atoms with E-state index in [2.05, 4.69) is 70.3 Å². The van der Waals surface area contributed by atoms with Gasteiger partial charge in [0.25, 0.3) is 0 Å². The SMILES string of the molecule is COc1ncc(-c2ccc(-c3ccc([C@@H](C)N4CCCC4)cc3)cc2)c(OC)n1. The van der Waals surface area contributed by atoms with Gasteiger partial charge in [0, 0.05) is 12.2 Å². The Kier molecular flexibility index (Phi) is 5.76. The molecule has 1 aromatic heterocycles. The number of rotatable bonds is 6. The fourth-order valence-electron chi connectivity index (χ4n) is 3.94. The molecule has 0 amide bonds. The van der Waals surface area contributed by atoms with Crippen molar-refractivity contribution in [1.29, 1.82) is 0 Å². The number of hydrogen-bond acceptors (Lipinski definition) is 5. The van der Waals surface area contributed by atoms with E-state index in [0.29, 0.717) is 17.9 Å². The van der Waals surface area contributed by atoms with Crippen LogP contribution in [0.3, 0.4) is 0 Å². The molecule has 2 heterocycles. The van der Waals surface area contributed by atoms with Gasteiger partial charge in [-0.3, -0.25) is 4.90 Å². The number of hydrogen-bond donors (Lipinski definition) is 0. The van der Waals surface area contributed by atoms with Crippen LogP contribution in [-0.4, -0.2) is 42.2 Å². The molecule has 5 nitrogen and oxygen atoms in total. The minimum Gasteiger partial charge on any atom is -0.480 e. The summed E-state index contributed by atoms with van der Waals surface area (Å²) >= 11 is 0. The van der Waals surface area contributed by atoms with Crippen molar-refractivity contribution in [3.05, 3.63) is 60.3 Å². The Morgan fingerprint density at radius 3 is 2.00 bits per heavy atom. The van der Waals surface area contributed by atoms with E-state index >= 15 is 0 Å². The normalized spacial score (nSPS) is 15.3. The van der Waals surface area contributed by atoms with Gasteiger partial charge in [-0.2, -0.15) is 4.98 Å². The van der Waals surface area contributed by atoms with Crippen molar-refractivity contribution in [2.75, 3.05) is 27.3 Å². The van der Waals surface area contributed by atoms with Crippen LogP contribution in [0.1, 0.15) is 31.4 Å². The molecular weight excluding hydrogens is 362 g/mol. The van der Waals surface area contributed by atoms with Crippen molar-refractivity contribution in [2.24, 2.45) is 0 Å². The second-order valence-corrected chi connectivity index (χ2v) is 7.40. The predicted octanol–water partition coefficient (Wildman–Crippen LogP) is 4.98. The van der Waals surface area contributed by atoms with Gasteiger partial charge in [0.05, 0.1) is 19.8 Å². The molecular formula is C24H27N3O2. The molecule has 0 spiro atoms. The zero-order valence-corrected chi connectivity index (χ0v) is 17.3. The number of aromatic nitrogens is 2. The van der Waals surface area contributed by atoms with Gasteiger partial charge in [0.1, 0.15) is 0 Å². The third kappa shape index (κ3) is 4.10.